The van der Waals surface area contributed by atoms with Crippen molar-refractivity contribution in [1.82, 2.24) is 5.32 Å². The Labute approximate surface area is 87.1 Å². The molecule has 0 radical (unpaired) electrons. The van der Waals surface area contributed by atoms with E-state index < -0.39 is 0 Å². The molecule has 0 amide bonds. The fraction of sp³-hybridized carbons (Fsp3) is 1.00. The van der Waals surface area contributed by atoms with Gasteiger partial charge in [-0.25, -0.2) is 0 Å². The summed E-state index contributed by atoms with van der Waals surface area (Å²) in [6.07, 6.45) is 11.3. The van der Waals surface area contributed by atoms with E-state index >= 15 is 0 Å². The molecule has 2 atom stereocenters. The molecule has 0 aromatic heterocycles. The third-order valence-electron chi connectivity index (χ3n) is 3.78. The highest BCUT2D eigenvalue weighted by Gasteiger charge is 2.25. The molecule has 2 saturated carbocycles. The molecule has 14 heavy (non-hydrogen) atoms. The Kier molecular flexibility index (Phi) is 3.82. The predicted octanol–water partition coefficient (Wildman–Crippen LogP) is 2.21. The summed E-state index contributed by atoms with van der Waals surface area (Å²) in [6, 6.07) is 1.09. The van der Waals surface area contributed by atoms with E-state index in [1.807, 2.05) is 0 Å². The summed E-state index contributed by atoms with van der Waals surface area (Å²) in [5.74, 6) is 0. The van der Waals surface area contributed by atoms with Gasteiger partial charge in [0.25, 0.3) is 0 Å². The second kappa shape index (κ2) is 5.13. The Morgan fingerprint density at radius 2 is 1.43 bits per heavy atom. The van der Waals surface area contributed by atoms with Crippen molar-refractivity contribution in [3.63, 3.8) is 0 Å². The maximum Gasteiger partial charge on any atom is 0.0693 e. The van der Waals surface area contributed by atoms with Crippen LogP contribution in [0.5, 0.6) is 0 Å². The summed E-state index contributed by atoms with van der Waals surface area (Å²) in [5, 5.41) is 13.6. The van der Waals surface area contributed by atoms with Gasteiger partial charge in [0.2, 0.25) is 0 Å². The van der Waals surface area contributed by atoms with E-state index in [1.54, 1.807) is 0 Å². The van der Waals surface area contributed by atoms with Crippen molar-refractivity contribution in [3.8, 4) is 0 Å². The molecule has 2 heteroatoms. The minimum absolute atomic E-state index is 0.0851. The monoisotopic (exact) mass is 197 g/mol. The van der Waals surface area contributed by atoms with Gasteiger partial charge in [0.15, 0.2) is 0 Å². The fourth-order valence-corrected chi connectivity index (χ4v) is 2.88. The summed E-state index contributed by atoms with van der Waals surface area (Å²) in [5.41, 5.74) is 0. The Hall–Kier alpha value is -0.0800. The fourth-order valence-electron chi connectivity index (χ4n) is 2.88. The van der Waals surface area contributed by atoms with Crippen molar-refractivity contribution in [2.45, 2.75) is 76.0 Å². The highest BCUT2D eigenvalue weighted by atomic mass is 16.3. The summed E-state index contributed by atoms with van der Waals surface area (Å²) >= 11 is 0. The first-order valence-electron chi connectivity index (χ1n) is 6.30. The van der Waals surface area contributed by atoms with Crippen molar-refractivity contribution >= 4 is 0 Å². The van der Waals surface area contributed by atoms with Crippen LogP contribution in [0.15, 0.2) is 0 Å². The summed E-state index contributed by atoms with van der Waals surface area (Å²) in [7, 11) is 0. The SMILES string of the molecule is OC1CCCCCC1NC1CCCC1. The minimum Gasteiger partial charge on any atom is -0.392 e. The van der Waals surface area contributed by atoms with Gasteiger partial charge >= 0.3 is 0 Å². The number of hydrogen-bond acceptors (Lipinski definition) is 2. The zero-order valence-electron chi connectivity index (χ0n) is 9.04. The van der Waals surface area contributed by atoms with Crippen LogP contribution < -0.4 is 5.32 Å². The first-order valence-corrected chi connectivity index (χ1v) is 6.30. The van der Waals surface area contributed by atoms with E-state index in [0.717, 1.165) is 6.42 Å². The molecule has 2 fully saturated rings. The highest BCUT2D eigenvalue weighted by Crippen LogP contribution is 2.23. The van der Waals surface area contributed by atoms with Crippen LogP contribution >= 0.6 is 0 Å². The van der Waals surface area contributed by atoms with Gasteiger partial charge in [-0.1, -0.05) is 32.1 Å². The minimum atomic E-state index is -0.0851. The van der Waals surface area contributed by atoms with Crippen LogP contribution in [0.3, 0.4) is 0 Å². The van der Waals surface area contributed by atoms with Crippen LogP contribution in [0.25, 0.3) is 0 Å². The van der Waals surface area contributed by atoms with Crippen LogP contribution in [-0.2, 0) is 0 Å². The third kappa shape index (κ3) is 2.71. The molecule has 0 aliphatic heterocycles. The molecule has 0 aromatic rings. The summed E-state index contributed by atoms with van der Waals surface area (Å²) in [6.45, 7) is 0. The number of nitrogens with one attached hydrogen (secondary N) is 1. The number of rotatable bonds is 2. The van der Waals surface area contributed by atoms with Crippen LogP contribution in [0.2, 0.25) is 0 Å². The molecule has 2 N–H and O–H groups in total. The summed E-state index contributed by atoms with van der Waals surface area (Å²) < 4.78 is 0. The Morgan fingerprint density at radius 1 is 0.786 bits per heavy atom. The van der Waals surface area contributed by atoms with E-state index in [2.05, 4.69) is 5.32 Å². The molecule has 0 bridgehead atoms. The molecule has 2 nitrogen and oxygen atoms in total. The lowest BCUT2D eigenvalue weighted by Gasteiger charge is -2.25. The molecule has 0 heterocycles. The van der Waals surface area contributed by atoms with Crippen molar-refractivity contribution in [2.75, 3.05) is 0 Å². The van der Waals surface area contributed by atoms with Crippen LogP contribution in [0.1, 0.15) is 57.8 Å². The van der Waals surface area contributed by atoms with Gasteiger partial charge in [0.1, 0.15) is 0 Å². The second-order valence-corrected chi connectivity index (χ2v) is 4.96. The van der Waals surface area contributed by atoms with Crippen LogP contribution in [0.4, 0.5) is 0 Å². The van der Waals surface area contributed by atoms with Crippen molar-refractivity contribution in [1.29, 1.82) is 0 Å². The molecule has 0 aromatic carbocycles. The van der Waals surface area contributed by atoms with Gasteiger partial charge in [-0.15, -0.1) is 0 Å². The zero-order valence-corrected chi connectivity index (χ0v) is 9.04. The molecular weight excluding hydrogens is 174 g/mol. The average Bonchev–Trinajstić information content (AvgIpc) is 2.60. The molecular formula is C12H23NO. The van der Waals surface area contributed by atoms with E-state index in [9.17, 15) is 5.11 Å². The van der Waals surface area contributed by atoms with E-state index in [0.29, 0.717) is 12.1 Å². The van der Waals surface area contributed by atoms with Gasteiger partial charge < -0.3 is 10.4 Å². The lowest BCUT2D eigenvalue weighted by Crippen LogP contribution is -2.43. The molecule has 82 valence electrons. The van der Waals surface area contributed by atoms with Gasteiger partial charge in [-0.05, 0) is 25.7 Å². The van der Waals surface area contributed by atoms with E-state index in [-0.39, 0.29) is 6.10 Å². The first-order chi connectivity index (χ1) is 6.86. The van der Waals surface area contributed by atoms with Gasteiger partial charge in [0.05, 0.1) is 6.10 Å². The number of hydrogen-bond donors (Lipinski definition) is 2. The largest absolute Gasteiger partial charge is 0.392 e. The zero-order chi connectivity index (χ0) is 9.80. The molecule has 2 aliphatic rings. The Morgan fingerprint density at radius 3 is 2.21 bits per heavy atom. The van der Waals surface area contributed by atoms with Gasteiger partial charge in [-0.2, -0.15) is 0 Å². The van der Waals surface area contributed by atoms with Crippen molar-refractivity contribution in [3.05, 3.63) is 0 Å². The second-order valence-electron chi connectivity index (χ2n) is 4.96. The molecule has 2 aliphatic carbocycles. The lowest BCUT2D eigenvalue weighted by atomic mass is 10.0. The van der Waals surface area contributed by atoms with Gasteiger partial charge in [-0.3, -0.25) is 0 Å². The maximum absolute atomic E-state index is 9.95. The van der Waals surface area contributed by atoms with Crippen LogP contribution in [0, 0.1) is 0 Å². The first kappa shape index (κ1) is 10.4. The van der Waals surface area contributed by atoms with Crippen LogP contribution in [-0.4, -0.2) is 23.3 Å². The highest BCUT2D eigenvalue weighted by molar-refractivity contribution is 4.84. The smallest absolute Gasteiger partial charge is 0.0693 e. The Bertz CT molecular complexity index is 166. The summed E-state index contributed by atoms with van der Waals surface area (Å²) in [4.78, 5) is 0. The predicted molar refractivity (Wildman–Crippen MR) is 58.3 cm³/mol. The third-order valence-corrected chi connectivity index (χ3v) is 3.78. The van der Waals surface area contributed by atoms with Crippen molar-refractivity contribution in [2.24, 2.45) is 0 Å². The van der Waals surface area contributed by atoms with Gasteiger partial charge in [0, 0.05) is 12.1 Å². The molecule has 0 saturated heterocycles. The topological polar surface area (TPSA) is 32.3 Å². The molecule has 0 spiro atoms. The lowest BCUT2D eigenvalue weighted by molar-refractivity contribution is 0.114. The number of aliphatic hydroxyl groups is 1. The van der Waals surface area contributed by atoms with Crippen molar-refractivity contribution < 1.29 is 5.11 Å². The number of aliphatic hydroxyl groups excluding tert-OH is 1. The quantitative estimate of drug-likeness (QED) is 0.665. The average molecular weight is 197 g/mol. The van der Waals surface area contributed by atoms with E-state index in [4.69, 9.17) is 0 Å². The Balaban J connectivity index is 1.81. The normalized spacial score (nSPS) is 35.8. The molecule has 2 unspecified atom stereocenters. The molecule has 2 rings (SSSR count). The standard InChI is InChI=1S/C12H23NO/c14-12-9-3-1-2-8-11(12)13-10-6-4-5-7-10/h10-14H,1-9H2. The maximum atomic E-state index is 9.95. The van der Waals surface area contributed by atoms with E-state index in [1.165, 1.54) is 51.4 Å².